The van der Waals surface area contributed by atoms with E-state index in [0.29, 0.717) is 6.42 Å². The van der Waals surface area contributed by atoms with E-state index in [-0.39, 0.29) is 28.7 Å². The van der Waals surface area contributed by atoms with Gasteiger partial charge in [-0.25, -0.2) is 13.4 Å². The highest BCUT2D eigenvalue weighted by Gasteiger charge is 2.34. The molecule has 1 saturated heterocycles. The largest absolute Gasteiger partial charge is 0.341 e. The van der Waals surface area contributed by atoms with Crippen LogP contribution in [0.15, 0.2) is 35.7 Å². The van der Waals surface area contributed by atoms with Crippen LogP contribution < -0.4 is 0 Å². The lowest BCUT2D eigenvalue weighted by Crippen LogP contribution is -2.41. The number of rotatable bonds is 5. The summed E-state index contributed by atoms with van der Waals surface area (Å²) < 4.78 is 25.4. The molecule has 2 atom stereocenters. The van der Waals surface area contributed by atoms with Crippen LogP contribution in [-0.2, 0) is 14.6 Å². The second-order valence-electron chi connectivity index (χ2n) is 7.14. The lowest BCUT2D eigenvalue weighted by molar-refractivity contribution is -0.130. The highest BCUT2D eigenvalue weighted by Crippen LogP contribution is 2.28. The summed E-state index contributed by atoms with van der Waals surface area (Å²) in [5.41, 5.74) is 3.37. The molecule has 0 aliphatic carbocycles. The fraction of sp³-hybridized carbons (Fsp3) is 0.474. The minimum absolute atomic E-state index is 0.0593. The Balaban J connectivity index is 1.74. The van der Waals surface area contributed by atoms with Crippen LogP contribution in [0.1, 0.15) is 24.5 Å². The summed E-state index contributed by atoms with van der Waals surface area (Å²) >= 11 is 1.39. The van der Waals surface area contributed by atoms with E-state index in [2.05, 4.69) is 37.0 Å². The molecule has 27 heavy (non-hydrogen) atoms. The maximum atomic E-state index is 12.8. The number of thioether (sulfide) groups is 1. The number of carbonyl (C=O) groups is 1. The van der Waals surface area contributed by atoms with Gasteiger partial charge in [0.1, 0.15) is 0 Å². The van der Waals surface area contributed by atoms with Crippen molar-refractivity contribution >= 4 is 27.5 Å². The van der Waals surface area contributed by atoms with Gasteiger partial charge in [0, 0.05) is 25.5 Å². The number of benzene rings is 1. The predicted molar refractivity (Wildman–Crippen MR) is 108 cm³/mol. The van der Waals surface area contributed by atoms with E-state index in [0.717, 1.165) is 16.4 Å². The van der Waals surface area contributed by atoms with Gasteiger partial charge in [-0.3, -0.25) is 9.36 Å². The van der Waals surface area contributed by atoms with Crippen molar-refractivity contribution in [1.82, 2.24) is 14.5 Å². The summed E-state index contributed by atoms with van der Waals surface area (Å²) in [6.45, 7) is 5.95. The highest BCUT2D eigenvalue weighted by molar-refractivity contribution is 8.00. The van der Waals surface area contributed by atoms with Crippen LogP contribution >= 0.6 is 11.8 Å². The van der Waals surface area contributed by atoms with Crippen LogP contribution in [0.2, 0.25) is 0 Å². The molecular formula is C19H25N3O3S2. The van der Waals surface area contributed by atoms with Crippen molar-refractivity contribution in [2.24, 2.45) is 0 Å². The zero-order valence-corrected chi connectivity index (χ0v) is 17.7. The molecule has 1 aliphatic rings. The second-order valence-corrected chi connectivity index (χ2v) is 10.7. The van der Waals surface area contributed by atoms with Gasteiger partial charge in [-0.05, 0) is 38.8 Å². The zero-order chi connectivity index (χ0) is 19.8. The molecule has 2 aromatic rings. The first kappa shape index (κ1) is 19.9. The Kier molecular flexibility index (Phi) is 5.67. The minimum Gasteiger partial charge on any atom is -0.341 e. The number of carbonyl (C=O) groups excluding carboxylic acids is 1. The third-order valence-electron chi connectivity index (χ3n) is 4.95. The molecule has 1 amide bonds. The summed E-state index contributed by atoms with van der Waals surface area (Å²) in [4.78, 5) is 18.8. The van der Waals surface area contributed by atoms with Gasteiger partial charge in [-0.1, -0.05) is 29.5 Å². The molecule has 1 aliphatic heterocycles. The van der Waals surface area contributed by atoms with E-state index in [1.165, 1.54) is 17.3 Å². The average molecular weight is 408 g/mol. The smallest absolute Gasteiger partial charge is 0.235 e. The standard InChI is InChI=1S/C19H25N3O3S2/c1-13-5-6-17(14(2)11-13)22-9-8-20-19(22)26-15(3)18(23)21(4)16-7-10-27(24,25)12-16/h5-6,8-9,11,15-16H,7,10,12H2,1-4H3. The van der Waals surface area contributed by atoms with Crippen LogP contribution in [0.25, 0.3) is 5.69 Å². The quantitative estimate of drug-likeness (QED) is 0.713. The molecule has 2 heterocycles. The van der Waals surface area contributed by atoms with E-state index in [4.69, 9.17) is 0 Å². The Morgan fingerprint density at radius 2 is 2.11 bits per heavy atom. The number of hydrogen-bond acceptors (Lipinski definition) is 5. The summed E-state index contributed by atoms with van der Waals surface area (Å²) in [5, 5.41) is 0.389. The van der Waals surface area contributed by atoms with E-state index >= 15 is 0 Å². The lowest BCUT2D eigenvalue weighted by Gasteiger charge is -2.26. The third kappa shape index (κ3) is 4.38. The summed E-state index contributed by atoms with van der Waals surface area (Å²) in [6.07, 6.45) is 4.13. The Morgan fingerprint density at radius 1 is 1.37 bits per heavy atom. The maximum absolute atomic E-state index is 12.8. The van der Waals surface area contributed by atoms with Crippen molar-refractivity contribution in [2.45, 2.75) is 43.6 Å². The first-order chi connectivity index (χ1) is 12.7. The molecular weight excluding hydrogens is 382 g/mol. The Morgan fingerprint density at radius 3 is 2.74 bits per heavy atom. The first-order valence-corrected chi connectivity index (χ1v) is 11.6. The van der Waals surface area contributed by atoms with Crippen molar-refractivity contribution in [1.29, 1.82) is 0 Å². The van der Waals surface area contributed by atoms with Gasteiger partial charge in [0.15, 0.2) is 15.0 Å². The van der Waals surface area contributed by atoms with Crippen molar-refractivity contribution in [3.63, 3.8) is 0 Å². The lowest BCUT2D eigenvalue weighted by atomic mass is 10.1. The SMILES string of the molecule is Cc1ccc(-n2ccnc2SC(C)C(=O)N(C)C2CCS(=O)(=O)C2)c(C)c1. The van der Waals surface area contributed by atoms with Gasteiger partial charge in [-0.2, -0.15) is 0 Å². The van der Waals surface area contributed by atoms with Gasteiger partial charge in [-0.15, -0.1) is 0 Å². The summed E-state index contributed by atoms with van der Waals surface area (Å²) in [5.74, 6) is 0.148. The topological polar surface area (TPSA) is 72.3 Å². The molecule has 8 heteroatoms. The molecule has 0 spiro atoms. The Hall–Kier alpha value is -1.80. The van der Waals surface area contributed by atoms with E-state index in [1.807, 2.05) is 17.7 Å². The molecule has 0 saturated carbocycles. The Bertz CT molecular complexity index is 953. The van der Waals surface area contributed by atoms with Crippen molar-refractivity contribution in [3.05, 3.63) is 41.7 Å². The van der Waals surface area contributed by atoms with Crippen molar-refractivity contribution < 1.29 is 13.2 Å². The minimum atomic E-state index is -3.02. The number of nitrogens with zero attached hydrogens (tertiary/aromatic N) is 3. The molecule has 0 bridgehead atoms. The highest BCUT2D eigenvalue weighted by atomic mass is 32.2. The van der Waals surface area contributed by atoms with Crippen LogP contribution in [0.4, 0.5) is 0 Å². The van der Waals surface area contributed by atoms with Crippen LogP contribution in [0, 0.1) is 13.8 Å². The van der Waals surface area contributed by atoms with Gasteiger partial charge < -0.3 is 4.90 Å². The number of hydrogen-bond donors (Lipinski definition) is 0. The van der Waals surface area contributed by atoms with Gasteiger partial charge in [0.05, 0.1) is 22.4 Å². The van der Waals surface area contributed by atoms with Crippen LogP contribution in [0.3, 0.4) is 0 Å². The van der Waals surface area contributed by atoms with E-state index in [1.54, 1.807) is 18.1 Å². The van der Waals surface area contributed by atoms with Gasteiger partial charge in [0.25, 0.3) is 0 Å². The van der Waals surface area contributed by atoms with Gasteiger partial charge >= 0.3 is 0 Å². The number of sulfone groups is 1. The molecule has 1 aromatic heterocycles. The van der Waals surface area contributed by atoms with Crippen LogP contribution in [-0.4, -0.2) is 58.6 Å². The first-order valence-electron chi connectivity index (χ1n) is 8.92. The van der Waals surface area contributed by atoms with Crippen molar-refractivity contribution in [3.8, 4) is 5.69 Å². The molecule has 146 valence electrons. The van der Waals surface area contributed by atoms with E-state index in [9.17, 15) is 13.2 Å². The molecule has 3 rings (SSSR count). The second kappa shape index (κ2) is 7.67. The van der Waals surface area contributed by atoms with Gasteiger partial charge in [0.2, 0.25) is 5.91 Å². The summed E-state index contributed by atoms with van der Waals surface area (Å²) in [7, 11) is -1.32. The molecule has 1 fully saturated rings. The number of aryl methyl sites for hydroxylation is 2. The fourth-order valence-corrected chi connectivity index (χ4v) is 6.14. The Labute approximate surface area is 164 Å². The summed E-state index contributed by atoms with van der Waals surface area (Å²) in [6, 6.07) is 6.00. The fourth-order valence-electron chi connectivity index (χ4n) is 3.39. The maximum Gasteiger partial charge on any atom is 0.235 e. The average Bonchev–Trinajstić information content (AvgIpc) is 3.19. The molecule has 0 N–H and O–H groups in total. The molecule has 6 nitrogen and oxygen atoms in total. The third-order valence-corrected chi connectivity index (χ3v) is 7.77. The monoisotopic (exact) mass is 407 g/mol. The van der Waals surface area contributed by atoms with E-state index < -0.39 is 9.84 Å². The van der Waals surface area contributed by atoms with Crippen molar-refractivity contribution in [2.75, 3.05) is 18.6 Å². The molecule has 0 radical (unpaired) electrons. The van der Waals surface area contributed by atoms with Crippen LogP contribution in [0.5, 0.6) is 0 Å². The number of imidazole rings is 1. The normalized spacial score (nSPS) is 19.8. The number of aromatic nitrogens is 2. The molecule has 2 unspecified atom stereocenters. The predicted octanol–water partition coefficient (Wildman–Crippen LogP) is 2.62. The number of amides is 1. The zero-order valence-electron chi connectivity index (χ0n) is 16.0. The molecule has 1 aromatic carbocycles.